The van der Waals surface area contributed by atoms with Crippen molar-refractivity contribution in [1.29, 1.82) is 0 Å². The van der Waals surface area contributed by atoms with Gasteiger partial charge in [0.25, 0.3) is 0 Å². The van der Waals surface area contributed by atoms with Gasteiger partial charge in [-0.2, -0.15) is 0 Å². The Bertz CT molecular complexity index is 1000. The van der Waals surface area contributed by atoms with E-state index in [4.69, 9.17) is 0 Å². The summed E-state index contributed by atoms with van der Waals surface area (Å²) in [5.74, 6) is 0. The predicted octanol–water partition coefficient (Wildman–Crippen LogP) is 5.55. The van der Waals surface area contributed by atoms with E-state index in [0.29, 0.717) is 0 Å². The zero-order valence-electron chi connectivity index (χ0n) is 20.6. The van der Waals surface area contributed by atoms with Crippen LogP contribution in [0.25, 0.3) is 11.1 Å². The summed E-state index contributed by atoms with van der Waals surface area (Å²) in [4.78, 5) is 15.3. The summed E-state index contributed by atoms with van der Waals surface area (Å²) in [6.07, 6.45) is 5.47. The van der Waals surface area contributed by atoms with Crippen molar-refractivity contribution in [3.8, 4) is 11.1 Å². The van der Waals surface area contributed by atoms with Crippen LogP contribution in [0.5, 0.6) is 0 Å². The molecule has 0 bridgehead atoms. The van der Waals surface area contributed by atoms with Gasteiger partial charge in [-0.25, -0.2) is 4.79 Å². The lowest BCUT2D eigenvalue weighted by Gasteiger charge is -2.20. The number of hydrogen-bond donors (Lipinski definition) is 3. The smallest absolute Gasteiger partial charge is 0.319 e. The number of nitrogens with one attached hydrogen (secondary N) is 3. The van der Waals surface area contributed by atoms with E-state index in [1.54, 1.807) is 0 Å². The van der Waals surface area contributed by atoms with Crippen LogP contribution in [-0.4, -0.2) is 49.7 Å². The predicted molar refractivity (Wildman–Crippen MR) is 146 cm³/mol. The number of benzene rings is 3. The number of carbonyl (C=O) groups excluding carboxylic acids is 1. The molecule has 0 aliphatic carbocycles. The van der Waals surface area contributed by atoms with Crippen LogP contribution in [-0.2, 0) is 6.42 Å². The maximum atomic E-state index is 12.8. The fraction of sp³-hybridized carbons (Fsp3) is 0.367. The summed E-state index contributed by atoms with van der Waals surface area (Å²) in [6.45, 7) is 5.64. The second-order valence-electron chi connectivity index (χ2n) is 9.37. The van der Waals surface area contributed by atoms with Crippen molar-refractivity contribution in [1.82, 2.24) is 15.5 Å². The highest BCUT2D eigenvalue weighted by atomic mass is 16.2. The standard InChI is InChI=1S/C30H38N4O/c35-30(32-28-17-15-27(16-18-28)26-12-5-2-6-13-26)33-29(24-25-10-3-1-4-11-25)14-9-19-31-20-23-34-21-7-8-22-34/h1-6,10-13,15-18,29,31H,7-9,14,19-24H2,(H2,32,33,35)/t29-/m0/s1. The molecule has 5 heteroatoms. The van der Waals surface area contributed by atoms with Crippen molar-refractivity contribution >= 4 is 11.7 Å². The van der Waals surface area contributed by atoms with Crippen LogP contribution >= 0.6 is 0 Å². The van der Waals surface area contributed by atoms with Gasteiger partial charge in [0.05, 0.1) is 0 Å². The largest absolute Gasteiger partial charge is 0.335 e. The van der Waals surface area contributed by atoms with Crippen LogP contribution < -0.4 is 16.0 Å². The molecule has 0 radical (unpaired) electrons. The van der Waals surface area contributed by atoms with E-state index < -0.39 is 0 Å². The molecule has 2 amide bonds. The third-order valence-corrected chi connectivity index (χ3v) is 6.62. The van der Waals surface area contributed by atoms with Crippen molar-refractivity contribution in [3.63, 3.8) is 0 Å². The summed E-state index contributed by atoms with van der Waals surface area (Å²) in [5, 5.41) is 9.79. The van der Waals surface area contributed by atoms with Crippen molar-refractivity contribution in [2.45, 2.75) is 38.1 Å². The number of rotatable bonds is 12. The molecule has 1 fully saturated rings. The first-order valence-corrected chi connectivity index (χ1v) is 13.0. The lowest BCUT2D eigenvalue weighted by Crippen LogP contribution is -2.40. The van der Waals surface area contributed by atoms with Gasteiger partial charge in [-0.1, -0.05) is 72.8 Å². The zero-order chi connectivity index (χ0) is 24.1. The van der Waals surface area contributed by atoms with Gasteiger partial charge in [-0.05, 0) is 80.6 Å². The normalized spacial score (nSPS) is 14.5. The molecule has 0 saturated carbocycles. The van der Waals surface area contributed by atoms with Gasteiger partial charge in [-0.3, -0.25) is 0 Å². The SMILES string of the molecule is O=C(Nc1ccc(-c2ccccc2)cc1)N[C@@H](CCCNCCN1CCCC1)Cc1ccccc1. The van der Waals surface area contributed by atoms with E-state index in [9.17, 15) is 4.79 Å². The highest BCUT2D eigenvalue weighted by Crippen LogP contribution is 2.21. The number of hydrogen-bond acceptors (Lipinski definition) is 3. The van der Waals surface area contributed by atoms with Crippen LogP contribution in [0.15, 0.2) is 84.9 Å². The van der Waals surface area contributed by atoms with E-state index in [1.807, 2.05) is 48.5 Å². The Morgan fingerprint density at radius 3 is 2.17 bits per heavy atom. The third-order valence-electron chi connectivity index (χ3n) is 6.62. The summed E-state index contributed by atoms with van der Waals surface area (Å²) in [6, 6.07) is 28.6. The number of carbonyl (C=O) groups is 1. The Morgan fingerprint density at radius 1 is 0.800 bits per heavy atom. The van der Waals surface area contributed by atoms with Crippen molar-refractivity contribution in [2.24, 2.45) is 0 Å². The topological polar surface area (TPSA) is 56.4 Å². The number of nitrogens with zero attached hydrogens (tertiary/aromatic N) is 1. The highest BCUT2D eigenvalue weighted by molar-refractivity contribution is 5.89. The van der Waals surface area contributed by atoms with E-state index in [-0.39, 0.29) is 12.1 Å². The first-order valence-electron chi connectivity index (χ1n) is 13.0. The van der Waals surface area contributed by atoms with Crippen molar-refractivity contribution < 1.29 is 4.79 Å². The second kappa shape index (κ2) is 13.7. The summed E-state index contributed by atoms with van der Waals surface area (Å²) in [5.41, 5.74) is 4.34. The molecule has 1 aliphatic rings. The quantitative estimate of drug-likeness (QED) is 0.304. The molecule has 1 heterocycles. The molecule has 1 saturated heterocycles. The van der Waals surface area contributed by atoms with Crippen LogP contribution in [0.4, 0.5) is 10.5 Å². The number of likely N-dealkylation sites (tertiary alicyclic amines) is 1. The lowest BCUT2D eigenvalue weighted by molar-refractivity contribution is 0.247. The minimum atomic E-state index is -0.152. The van der Waals surface area contributed by atoms with Crippen molar-refractivity contribution in [3.05, 3.63) is 90.5 Å². The van der Waals surface area contributed by atoms with Gasteiger partial charge < -0.3 is 20.9 Å². The van der Waals surface area contributed by atoms with Gasteiger partial charge in [0.1, 0.15) is 0 Å². The van der Waals surface area contributed by atoms with E-state index in [0.717, 1.165) is 50.1 Å². The highest BCUT2D eigenvalue weighted by Gasteiger charge is 2.14. The monoisotopic (exact) mass is 470 g/mol. The average Bonchev–Trinajstić information content (AvgIpc) is 3.41. The summed E-state index contributed by atoms with van der Waals surface area (Å²) in [7, 11) is 0. The van der Waals surface area contributed by atoms with E-state index >= 15 is 0 Å². The molecular formula is C30H38N4O. The van der Waals surface area contributed by atoms with Crippen molar-refractivity contribution in [2.75, 3.05) is 38.0 Å². The molecule has 1 atom stereocenters. The van der Waals surface area contributed by atoms with Crippen LogP contribution in [0.1, 0.15) is 31.2 Å². The Hall–Kier alpha value is -3.15. The van der Waals surface area contributed by atoms with E-state index in [1.165, 1.54) is 37.1 Å². The molecule has 3 aromatic carbocycles. The first-order chi connectivity index (χ1) is 17.3. The summed E-state index contributed by atoms with van der Waals surface area (Å²) >= 11 is 0. The van der Waals surface area contributed by atoms with Gasteiger partial charge in [-0.15, -0.1) is 0 Å². The Kier molecular flexibility index (Phi) is 9.74. The van der Waals surface area contributed by atoms with Gasteiger partial charge >= 0.3 is 6.03 Å². The Labute approximate surface area is 209 Å². The average molecular weight is 471 g/mol. The van der Waals surface area contributed by atoms with Gasteiger partial charge in [0.15, 0.2) is 0 Å². The van der Waals surface area contributed by atoms with Gasteiger partial charge in [0.2, 0.25) is 0 Å². The summed E-state index contributed by atoms with van der Waals surface area (Å²) < 4.78 is 0. The van der Waals surface area contributed by atoms with Crippen LogP contribution in [0.2, 0.25) is 0 Å². The molecule has 4 rings (SSSR count). The van der Waals surface area contributed by atoms with Crippen LogP contribution in [0, 0.1) is 0 Å². The maximum absolute atomic E-state index is 12.8. The Balaban J connectivity index is 1.25. The minimum Gasteiger partial charge on any atom is -0.335 e. The molecule has 184 valence electrons. The molecule has 0 spiro atoms. The first kappa shape index (κ1) is 25.0. The maximum Gasteiger partial charge on any atom is 0.319 e. The minimum absolute atomic E-state index is 0.0846. The number of amides is 2. The fourth-order valence-electron chi connectivity index (χ4n) is 4.69. The number of urea groups is 1. The third kappa shape index (κ3) is 8.53. The van der Waals surface area contributed by atoms with Gasteiger partial charge in [0, 0.05) is 24.8 Å². The molecule has 0 aromatic heterocycles. The molecule has 5 nitrogen and oxygen atoms in total. The number of anilines is 1. The van der Waals surface area contributed by atoms with E-state index in [2.05, 4.69) is 57.2 Å². The molecule has 3 N–H and O–H groups in total. The molecule has 1 aliphatic heterocycles. The molecular weight excluding hydrogens is 432 g/mol. The molecule has 35 heavy (non-hydrogen) atoms. The molecule has 3 aromatic rings. The molecule has 0 unspecified atom stereocenters. The Morgan fingerprint density at radius 2 is 1.46 bits per heavy atom. The zero-order valence-corrected chi connectivity index (χ0v) is 20.6. The van der Waals surface area contributed by atoms with Crippen LogP contribution in [0.3, 0.4) is 0 Å². The second-order valence-corrected chi connectivity index (χ2v) is 9.37. The lowest BCUT2D eigenvalue weighted by atomic mass is 10.0. The fourth-order valence-corrected chi connectivity index (χ4v) is 4.69.